The third kappa shape index (κ3) is 3.86. The van der Waals surface area contributed by atoms with Gasteiger partial charge in [0.05, 0.1) is 24.3 Å². The molecule has 94 valence electrons. The topological polar surface area (TPSA) is 62.1 Å². The van der Waals surface area contributed by atoms with Crippen LogP contribution in [0.4, 0.5) is 5.69 Å². The number of benzene rings is 1. The van der Waals surface area contributed by atoms with E-state index in [0.717, 1.165) is 6.61 Å². The molecule has 0 aliphatic heterocycles. The van der Waals surface area contributed by atoms with Crippen molar-refractivity contribution in [1.82, 2.24) is 0 Å². The number of carbonyl (C=O) groups is 1. The molecule has 0 bridgehead atoms. The fourth-order valence-corrected chi connectivity index (χ4v) is 1.60. The Morgan fingerprint density at radius 2 is 2.22 bits per heavy atom. The van der Waals surface area contributed by atoms with Crippen molar-refractivity contribution in [1.29, 1.82) is 5.26 Å². The SMILES string of the molecule is N#Cc1ccccc1NC(=O)CCOCC1CC1. The number of nitrogens with zero attached hydrogens (tertiary/aromatic N) is 1. The van der Waals surface area contributed by atoms with Crippen LogP contribution < -0.4 is 5.32 Å². The smallest absolute Gasteiger partial charge is 0.226 e. The summed E-state index contributed by atoms with van der Waals surface area (Å²) in [6.07, 6.45) is 2.83. The lowest BCUT2D eigenvalue weighted by atomic mass is 10.2. The quantitative estimate of drug-likeness (QED) is 0.781. The van der Waals surface area contributed by atoms with E-state index in [9.17, 15) is 4.79 Å². The van der Waals surface area contributed by atoms with Gasteiger partial charge in [0.2, 0.25) is 5.91 Å². The fraction of sp³-hybridized carbons (Fsp3) is 0.429. The van der Waals surface area contributed by atoms with Crippen molar-refractivity contribution in [2.45, 2.75) is 19.3 Å². The molecule has 4 nitrogen and oxygen atoms in total. The number of hydrogen-bond acceptors (Lipinski definition) is 3. The molecular formula is C14H16N2O2. The van der Waals surface area contributed by atoms with E-state index in [-0.39, 0.29) is 5.91 Å². The van der Waals surface area contributed by atoms with Crippen molar-refractivity contribution in [3.63, 3.8) is 0 Å². The molecule has 1 aromatic rings. The molecule has 2 rings (SSSR count). The first-order valence-electron chi connectivity index (χ1n) is 6.16. The van der Waals surface area contributed by atoms with Crippen molar-refractivity contribution < 1.29 is 9.53 Å². The van der Waals surface area contributed by atoms with Gasteiger partial charge < -0.3 is 10.1 Å². The lowest BCUT2D eigenvalue weighted by Crippen LogP contribution is -2.15. The van der Waals surface area contributed by atoms with E-state index < -0.39 is 0 Å². The summed E-state index contributed by atoms with van der Waals surface area (Å²) < 4.78 is 5.40. The highest BCUT2D eigenvalue weighted by Crippen LogP contribution is 2.28. The van der Waals surface area contributed by atoms with Crippen molar-refractivity contribution in [3.05, 3.63) is 29.8 Å². The molecule has 0 unspecified atom stereocenters. The summed E-state index contributed by atoms with van der Waals surface area (Å²) in [5.74, 6) is 0.598. The van der Waals surface area contributed by atoms with Gasteiger partial charge in [0.1, 0.15) is 6.07 Å². The molecule has 4 heteroatoms. The predicted molar refractivity (Wildman–Crippen MR) is 67.9 cm³/mol. The van der Waals surface area contributed by atoms with E-state index in [1.807, 2.05) is 6.07 Å². The van der Waals surface area contributed by atoms with Gasteiger partial charge in [-0.2, -0.15) is 5.26 Å². The first-order chi connectivity index (χ1) is 8.79. The third-order valence-corrected chi connectivity index (χ3v) is 2.85. The van der Waals surface area contributed by atoms with Gasteiger partial charge in [0.15, 0.2) is 0 Å². The fourth-order valence-electron chi connectivity index (χ4n) is 1.60. The Labute approximate surface area is 107 Å². The van der Waals surface area contributed by atoms with E-state index in [1.54, 1.807) is 24.3 Å². The largest absolute Gasteiger partial charge is 0.381 e. The minimum atomic E-state index is -0.117. The van der Waals surface area contributed by atoms with Crippen LogP contribution in [0, 0.1) is 17.2 Å². The minimum Gasteiger partial charge on any atom is -0.381 e. The zero-order valence-electron chi connectivity index (χ0n) is 10.2. The van der Waals surface area contributed by atoms with Crippen molar-refractivity contribution >= 4 is 11.6 Å². The monoisotopic (exact) mass is 244 g/mol. The van der Waals surface area contributed by atoms with Crippen LogP contribution in [0.5, 0.6) is 0 Å². The van der Waals surface area contributed by atoms with Crippen LogP contribution in [0.3, 0.4) is 0 Å². The predicted octanol–water partition coefficient (Wildman–Crippen LogP) is 2.31. The number of amides is 1. The number of carbonyl (C=O) groups excluding carboxylic acids is 1. The van der Waals surface area contributed by atoms with Gasteiger partial charge in [-0.15, -0.1) is 0 Å². The second kappa shape index (κ2) is 6.18. The molecule has 0 radical (unpaired) electrons. The second-order valence-electron chi connectivity index (χ2n) is 4.47. The zero-order valence-corrected chi connectivity index (χ0v) is 10.2. The van der Waals surface area contributed by atoms with Gasteiger partial charge in [0.25, 0.3) is 0 Å². The third-order valence-electron chi connectivity index (χ3n) is 2.85. The summed E-state index contributed by atoms with van der Waals surface area (Å²) in [7, 11) is 0. The first-order valence-corrected chi connectivity index (χ1v) is 6.16. The number of rotatable bonds is 6. The van der Waals surface area contributed by atoms with Gasteiger partial charge in [-0.25, -0.2) is 0 Å². The highest BCUT2D eigenvalue weighted by Gasteiger charge is 2.21. The van der Waals surface area contributed by atoms with E-state index in [2.05, 4.69) is 5.32 Å². The highest BCUT2D eigenvalue weighted by molar-refractivity contribution is 5.92. The Morgan fingerprint density at radius 1 is 1.44 bits per heavy atom. The molecule has 18 heavy (non-hydrogen) atoms. The summed E-state index contributed by atoms with van der Waals surface area (Å²) in [4.78, 5) is 11.6. The Balaban J connectivity index is 1.74. The van der Waals surface area contributed by atoms with Crippen molar-refractivity contribution in [2.75, 3.05) is 18.5 Å². The molecule has 1 amide bonds. The Hall–Kier alpha value is -1.86. The summed E-state index contributed by atoms with van der Waals surface area (Å²) in [6.45, 7) is 1.21. The van der Waals surface area contributed by atoms with E-state index in [0.29, 0.717) is 30.2 Å². The maximum absolute atomic E-state index is 11.6. The van der Waals surface area contributed by atoms with Crippen LogP contribution in [0.2, 0.25) is 0 Å². The number of hydrogen-bond donors (Lipinski definition) is 1. The average Bonchev–Trinajstić information content (AvgIpc) is 3.19. The molecule has 0 spiro atoms. The molecule has 1 saturated carbocycles. The summed E-state index contributed by atoms with van der Waals surface area (Å²) in [5.41, 5.74) is 1.04. The summed E-state index contributed by atoms with van der Waals surface area (Å²) in [5, 5.41) is 11.6. The van der Waals surface area contributed by atoms with Crippen molar-refractivity contribution in [3.8, 4) is 6.07 Å². The van der Waals surface area contributed by atoms with E-state index >= 15 is 0 Å². The van der Waals surface area contributed by atoms with Gasteiger partial charge in [-0.3, -0.25) is 4.79 Å². The molecule has 0 heterocycles. The van der Waals surface area contributed by atoms with Gasteiger partial charge in [-0.1, -0.05) is 12.1 Å². The Bertz CT molecular complexity index is 461. The van der Waals surface area contributed by atoms with Crippen molar-refractivity contribution in [2.24, 2.45) is 5.92 Å². The summed E-state index contributed by atoms with van der Waals surface area (Å²) in [6, 6.07) is 9.01. The van der Waals surface area contributed by atoms with Crippen LogP contribution in [0.25, 0.3) is 0 Å². The number of anilines is 1. The lowest BCUT2D eigenvalue weighted by Gasteiger charge is -2.07. The molecule has 1 aliphatic rings. The molecule has 1 N–H and O–H groups in total. The molecule has 1 aliphatic carbocycles. The number of nitrogens with one attached hydrogen (secondary N) is 1. The average molecular weight is 244 g/mol. The standard InChI is InChI=1S/C14H16N2O2/c15-9-12-3-1-2-4-13(12)16-14(17)7-8-18-10-11-5-6-11/h1-4,11H,5-8,10H2,(H,16,17). The van der Waals surface area contributed by atoms with Crippen LogP contribution in [-0.4, -0.2) is 19.1 Å². The van der Waals surface area contributed by atoms with Gasteiger partial charge in [0, 0.05) is 6.61 Å². The molecule has 0 saturated heterocycles. The van der Waals surface area contributed by atoms with Crippen LogP contribution in [0.15, 0.2) is 24.3 Å². The molecular weight excluding hydrogens is 228 g/mol. The maximum Gasteiger partial charge on any atom is 0.226 e. The zero-order chi connectivity index (χ0) is 12.8. The number of ether oxygens (including phenoxy) is 1. The number of nitriles is 1. The molecule has 0 atom stereocenters. The van der Waals surface area contributed by atoms with Crippen LogP contribution >= 0.6 is 0 Å². The molecule has 0 aromatic heterocycles. The van der Waals surface area contributed by atoms with Gasteiger partial charge >= 0.3 is 0 Å². The minimum absolute atomic E-state index is 0.117. The Kier molecular flexibility index (Phi) is 4.32. The van der Waals surface area contributed by atoms with E-state index in [1.165, 1.54) is 12.8 Å². The molecule has 1 fully saturated rings. The Morgan fingerprint density at radius 3 is 2.94 bits per heavy atom. The summed E-state index contributed by atoms with van der Waals surface area (Å²) >= 11 is 0. The van der Waals surface area contributed by atoms with E-state index in [4.69, 9.17) is 10.00 Å². The first kappa shape index (κ1) is 12.6. The lowest BCUT2D eigenvalue weighted by molar-refractivity contribution is -0.117. The maximum atomic E-state index is 11.6. The normalized spacial score (nSPS) is 13.9. The second-order valence-corrected chi connectivity index (χ2v) is 4.47. The highest BCUT2D eigenvalue weighted by atomic mass is 16.5. The van der Waals surface area contributed by atoms with Crippen LogP contribution in [0.1, 0.15) is 24.8 Å². The van der Waals surface area contributed by atoms with Crippen LogP contribution in [-0.2, 0) is 9.53 Å². The molecule has 1 aromatic carbocycles. The number of para-hydroxylation sites is 1. The van der Waals surface area contributed by atoms with Gasteiger partial charge in [-0.05, 0) is 30.9 Å².